The van der Waals surface area contributed by atoms with Gasteiger partial charge in [0, 0.05) is 14.0 Å². The van der Waals surface area contributed by atoms with Crippen LogP contribution in [0.2, 0.25) is 0 Å². The van der Waals surface area contributed by atoms with Crippen molar-refractivity contribution in [3.05, 3.63) is 68.5 Å². The lowest BCUT2D eigenvalue weighted by atomic mass is 9.97. The van der Waals surface area contributed by atoms with Crippen LogP contribution in [0.1, 0.15) is 27.6 Å². The third-order valence-electron chi connectivity index (χ3n) is 3.88. The van der Waals surface area contributed by atoms with Gasteiger partial charge in [-0.3, -0.25) is 0 Å². The molecule has 1 aromatic heterocycles. The monoisotopic (exact) mass is 359 g/mol. The molecule has 0 radical (unpaired) electrons. The van der Waals surface area contributed by atoms with Crippen molar-refractivity contribution >= 4 is 37.4 Å². The first-order valence-corrected chi connectivity index (χ1v) is 8.63. The highest BCUT2D eigenvalue weighted by atomic mass is 79.9. The number of thiophene rings is 1. The molecule has 0 amide bonds. The van der Waals surface area contributed by atoms with Gasteiger partial charge in [-0.05, 0) is 61.2 Å². The Morgan fingerprint density at radius 3 is 2.52 bits per heavy atom. The van der Waals surface area contributed by atoms with Crippen molar-refractivity contribution in [3.63, 3.8) is 0 Å². The number of fused-ring (bicyclic) bond motifs is 1. The molecule has 0 saturated carbocycles. The molecule has 0 bridgehead atoms. The van der Waals surface area contributed by atoms with Crippen LogP contribution in [0.4, 0.5) is 0 Å². The maximum absolute atomic E-state index is 3.62. The minimum Gasteiger partial charge on any atom is -0.309 e. The quantitative estimate of drug-likeness (QED) is 0.642. The van der Waals surface area contributed by atoms with Crippen LogP contribution in [0, 0.1) is 13.8 Å². The Bertz CT molecular complexity index is 758. The Morgan fingerprint density at radius 1 is 1.05 bits per heavy atom. The summed E-state index contributed by atoms with van der Waals surface area (Å²) in [6.45, 7) is 4.32. The topological polar surface area (TPSA) is 12.0 Å². The Morgan fingerprint density at radius 2 is 1.81 bits per heavy atom. The van der Waals surface area contributed by atoms with E-state index in [0.29, 0.717) is 0 Å². The summed E-state index contributed by atoms with van der Waals surface area (Å²) >= 11 is 5.49. The molecule has 0 fully saturated rings. The second-order valence-corrected chi connectivity index (χ2v) is 7.34. The van der Waals surface area contributed by atoms with Crippen molar-refractivity contribution in [2.45, 2.75) is 19.9 Å². The van der Waals surface area contributed by atoms with Crippen LogP contribution in [-0.2, 0) is 0 Å². The van der Waals surface area contributed by atoms with Crippen LogP contribution >= 0.6 is 27.3 Å². The van der Waals surface area contributed by atoms with Crippen molar-refractivity contribution in [2.24, 2.45) is 0 Å². The Kier molecular flexibility index (Phi) is 4.16. The number of rotatable bonds is 3. The van der Waals surface area contributed by atoms with Crippen LogP contribution in [0.15, 0.2) is 46.9 Å². The van der Waals surface area contributed by atoms with E-state index in [4.69, 9.17) is 0 Å². The summed E-state index contributed by atoms with van der Waals surface area (Å²) in [6.07, 6.45) is 0. The standard InChI is InChI=1S/C18H18BrNS/c1-11-9-15(19)12(2)8-14(11)18(20-3)17-10-13-6-4-5-7-16(13)21-17/h4-10,18,20H,1-3H3. The SMILES string of the molecule is CNC(c1cc2ccccc2s1)c1cc(C)c(Br)cc1C. The molecule has 1 atom stereocenters. The van der Waals surface area contributed by atoms with Crippen molar-refractivity contribution in [2.75, 3.05) is 7.05 Å². The molecule has 1 heterocycles. The maximum atomic E-state index is 3.62. The number of hydrogen-bond donors (Lipinski definition) is 1. The minimum absolute atomic E-state index is 0.245. The average molecular weight is 360 g/mol. The van der Waals surface area contributed by atoms with E-state index in [-0.39, 0.29) is 6.04 Å². The molecule has 0 aliphatic heterocycles. The molecule has 21 heavy (non-hydrogen) atoms. The number of hydrogen-bond acceptors (Lipinski definition) is 2. The molecule has 0 aliphatic carbocycles. The van der Waals surface area contributed by atoms with E-state index in [9.17, 15) is 0 Å². The van der Waals surface area contributed by atoms with Gasteiger partial charge in [0.1, 0.15) is 0 Å². The fourth-order valence-corrected chi connectivity index (χ4v) is 4.36. The summed E-state index contributed by atoms with van der Waals surface area (Å²) in [4.78, 5) is 1.36. The fraction of sp³-hybridized carbons (Fsp3) is 0.222. The van der Waals surface area contributed by atoms with E-state index in [1.165, 1.54) is 36.1 Å². The van der Waals surface area contributed by atoms with Gasteiger partial charge in [0.2, 0.25) is 0 Å². The average Bonchev–Trinajstić information content (AvgIpc) is 2.88. The second kappa shape index (κ2) is 5.91. The van der Waals surface area contributed by atoms with E-state index in [0.717, 1.165) is 0 Å². The lowest BCUT2D eigenvalue weighted by Gasteiger charge is -2.19. The zero-order chi connectivity index (χ0) is 15.0. The normalized spacial score (nSPS) is 12.8. The fourth-order valence-electron chi connectivity index (χ4n) is 2.71. The van der Waals surface area contributed by atoms with Gasteiger partial charge >= 0.3 is 0 Å². The zero-order valence-corrected chi connectivity index (χ0v) is 14.8. The second-order valence-electron chi connectivity index (χ2n) is 5.37. The van der Waals surface area contributed by atoms with Crippen molar-refractivity contribution in [1.29, 1.82) is 0 Å². The van der Waals surface area contributed by atoms with E-state index in [2.05, 4.69) is 77.6 Å². The van der Waals surface area contributed by atoms with Crippen molar-refractivity contribution < 1.29 is 0 Å². The Labute approximate surface area is 138 Å². The highest BCUT2D eigenvalue weighted by molar-refractivity contribution is 9.10. The summed E-state index contributed by atoms with van der Waals surface area (Å²) in [7, 11) is 2.03. The Balaban J connectivity index is 2.11. The van der Waals surface area contributed by atoms with Gasteiger partial charge in [-0.25, -0.2) is 0 Å². The molecule has 0 spiro atoms. The predicted octanol–water partition coefficient (Wildman–Crippen LogP) is 5.59. The van der Waals surface area contributed by atoms with Gasteiger partial charge in [0.25, 0.3) is 0 Å². The molecule has 3 heteroatoms. The molecule has 1 unspecified atom stereocenters. The third kappa shape index (κ3) is 2.78. The van der Waals surface area contributed by atoms with Gasteiger partial charge in [-0.1, -0.05) is 40.2 Å². The summed E-state index contributed by atoms with van der Waals surface area (Å²) in [5, 5.41) is 4.80. The van der Waals surface area contributed by atoms with Crippen LogP contribution in [-0.4, -0.2) is 7.05 Å². The van der Waals surface area contributed by atoms with Gasteiger partial charge in [-0.15, -0.1) is 11.3 Å². The molecule has 1 N–H and O–H groups in total. The van der Waals surface area contributed by atoms with Gasteiger partial charge in [0.05, 0.1) is 6.04 Å². The highest BCUT2D eigenvalue weighted by Gasteiger charge is 2.17. The van der Waals surface area contributed by atoms with Gasteiger partial charge in [0.15, 0.2) is 0 Å². The molecule has 0 saturated heterocycles. The third-order valence-corrected chi connectivity index (χ3v) is 5.91. The van der Waals surface area contributed by atoms with Crippen LogP contribution in [0.25, 0.3) is 10.1 Å². The van der Waals surface area contributed by atoms with Crippen molar-refractivity contribution in [1.82, 2.24) is 5.32 Å². The number of aryl methyl sites for hydroxylation is 2. The van der Waals surface area contributed by atoms with Crippen LogP contribution in [0.5, 0.6) is 0 Å². The summed E-state index contributed by atoms with van der Waals surface area (Å²) in [5.41, 5.74) is 3.94. The Hall–Kier alpha value is -1.16. The minimum atomic E-state index is 0.245. The molecular weight excluding hydrogens is 342 g/mol. The van der Waals surface area contributed by atoms with Gasteiger partial charge < -0.3 is 5.32 Å². The van der Waals surface area contributed by atoms with Gasteiger partial charge in [-0.2, -0.15) is 0 Å². The number of nitrogens with one attached hydrogen (secondary N) is 1. The van der Waals surface area contributed by atoms with Crippen LogP contribution < -0.4 is 5.32 Å². The van der Waals surface area contributed by atoms with E-state index < -0.39 is 0 Å². The number of halogens is 1. The first-order chi connectivity index (χ1) is 10.1. The highest BCUT2D eigenvalue weighted by Crippen LogP contribution is 2.35. The molecule has 1 nitrogen and oxygen atoms in total. The molecule has 0 aliphatic rings. The van der Waals surface area contributed by atoms with E-state index in [1.54, 1.807) is 0 Å². The maximum Gasteiger partial charge on any atom is 0.0671 e. The number of benzene rings is 2. The molecule has 108 valence electrons. The first-order valence-electron chi connectivity index (χ1n) is 7.02. The summed E-state index contributed by atoms with van der Waals surface area (Å²) in [5.74, 6) is 0. The van der Waals surface area contributed by atoms with E-state index in [1.807, 2.05) is 18.4 Å². The zero-order valence-electron chi connectivity index (χ0n) is 12.4. The first kappa shape index (κ1) is 14.8. The predicted molar refractivity (Wildman–Crippen MR) is 96.3 cm³/mol. The smallest absolute Gasteiger partial charge is 0.0671 e. The largest absolute Gasteiger partial charge is 0.309 e. The summed E-state index contributed by atoms with van der Waals surface area (Å²) in [6, 6.07) is 15.6. The van der Waals surface area contributed by atoms with E-state index >= 15 is 0 Å². The van der Waals surface area contributed by atoms with Crippen LogP contribution in [0.3, 0.4) is 0 Å². The summed E-state index contributed by atoms with van der Waals surface area (Å²) < 4.78 is 2.52. The molecule has 3 aromatic rings. The molecule has 2 aromatic carbocycles. The lowest BCUT2D eigenvalue weighted by Crippen LogP contribution is -2.17. The van der Waals surface area contributed by atoms with Crippen molar-refractivity contribution in [3.8, 4) is 0 Å². The molecule has 3 rings (SSSR count). The lowest BCUT2D eigenvalue weighted by molar-refractivity contribution is 0.699. The molecular formula is C18H18BrNS.